The molecule has 0 spiro atoms. The second kappa shape index (κ2) is 7.72. The number of urea groups is 1. The molecule has 1 N–H and O–H groups in total. The van der Waals surface area contributed by atoms with Crippen molar-refractivity contribution in [1.82, 2.24) is 9.88 Å². The highest BCUT2D eigenvalue weighted by molar-refractivity contribution is 7.22. The lowest BCUT2D eigenvalue weighted by Gasteiger charge is -2.34. The molecule has 3 aromatic rings. The number of rotatable bonds is 2. The van der Waals surface area contributed by atoms with Crippen LogP contribution < -0.4 is 10.2 Å². The van der Waals surface area contributed by atoms with Gasteiger partial charge in [-0.1, -0.05) is 46.1 Å². The van der Waals surface area contributed by atoms with Crippen LogP contribution >= 0.6 is 46.1 Å². The summed E-state index contributed by atoms with van der Waals surface area (Å²) in [7, 11) is 0. The number of nitrogens with one attached hydrogen (secondary N) is 1. The first-order valence-electron chi connectivity index (χ1n) is 8.31. The smallest absolute Gasteiger partial charge is 0.321 e. The minimum absolute atomic E-state index is 0.149. The van der Waals surface area contributed by atoms with Crippen molar-refractivity contribution in [2.24, 2.45) is 0 Å². The summed E-state index contributed by atoms with van der Waals surface area (Å²) >= 11 is 19.6. The molecule has 2 aromatic carbocycles. The number of halogens is 3. The third kappa shape index (κ3) is 4.09. The molecule has 1 aromatic heterocycles. The largest absolute Gasteiger partial charge is 0.345 e. The molecule has 1 fully saturated rings. The summed E-state index contributed by atoms with van der Waals surface area (Å²) in [5.74, 6) is 0. The summed E-state index contributed by atoms with van der Waals surface area (Å²) < 4.78 is 1.07. The van der Waals surface area contributed by atoms with Gasteiger partial charge in [0.05, 0.1) is 20.3 Å². The summed E-state index contributed by atoms with van der Waals surface area (Å²) in [5, 5.41) is 5.40. The van der Waals surface area contributed by atoms with Crippen LogP contribution in [0.4, 0.5) is 15.6 Å². The topological polar surface area (TPSA) is 48.5 Å². The zero-order valence-corrected chi connectivity index (χ0v) is 17.2. The van der Waals surface area contributed by atoms with Gasteiger partial charge in [-0.3, -0.25) is 0 Å². The molecule has 2 amide bonds. The Morgan fingerprint density at radius 1 is 1.00 bits per heavy atom. The van der Waals surface area contributed by atoms with Crippen LogP contribution in [0.1, 0.15) is 0 Å². The maximum Gasteiger partial charge on any atom is 0.321 e. The normalized spacial score (nSPS) is 14.6. The Bertz CT molecular complexity index is 1000. The van der Waals surface area contributed by atoms with Crippen LogP contribution in [-0.4, -0.2) is 42.1 Å². The maximum atomic E-state index is 12.5. The number of aromatic nitrogens is 1. The minimum atomic E-state index is -0.149. The lowest BCUT2D eigenvalue weighted by atomic mass is 10.3. The molecule has 140 valence electrons. The number of carbonyl (C=O) groups is 1. The van der Waals surface area contributed by atoms with E-state index in [2.05, 4.69) is 15.2 Å². The fourth-order valence-electron chi connectivity index (χ4n) is 2.90. The first-order chi connectivity index (χ1) is 13.0. The highest BCUT2D eigenvalue weighted by Crippen LogP contribution is 2.31. The number of hydrogen-bond donors (Lipinski definition) is 1. The van der Waals surface area contributed by atoms with Gasteiger partial charge in [0.15, 0.2) is 5.13 Å². The van der Waals surface area contributed by atoms with Gasteiger partial charge in [-0.05, 0) is 36.4 Å². The van der Waals surface area contributed by atoms with E-state index < -0.39 is 0 Å². The van der Waals surface area contributed by atoms with E-state index in [1.54, 1.807) is 34.4 Å². The van der Waals surface area contributed by atoms with Crippen LogP contribution in [0.3, 0.4) is 0 Å². The molecule has 4 rings (SSSR count). The van der Waals surface area contributed by atoms with Crippen molar-refractivity contribution in [3.05, 3.63) is 51.5 Å². The second-order valence-corrected chi connectivity index (χ2v) is 8.40. The van der Waals surface area contributed by atoms with E-state index in [-0.39, 0.29) is 6.03 Å². The highest BCUT2D eigenvalue weighted by atomic mass is 35.5. The quantitative estimate of drug-likeness (QED) is 0.562. The first-order valence-corrected chi connectivity index (χ1v) is 10.3. The number of anilines is 2. The maximum absolute atomic E-state index is 12.5. The molecular weight excluding hydrogens is 427 g/mol. The zero-order chi connectivity index (χ0) is 19.0. The van der Waals surface area contributed by atoms with Crippen LogP contribution in [0.2, 0.25) is 15.1 Å². The zero-order valence-electron chi connectivity index (χ0n) is 14.1. The number of piperazine rings is 1. The Kier molecular flexibility index (Phi) is 5.32. The van der Waals surface area contributed by atoms with Gasteiger partial charge < -0.3 is 15.1 Å². The Labute approximate surface area is 175 Å². The van der Waals surface area contributed by atoms with Crippen LogP contribution in [0.25, 0.3) is 10.2 Å². The van der Waals surface area contributed by atoms with E-state index in [9.17, 15) is 4.79 Å². The first kappa shape index (κ1) is 18.6. The average Bonchev–Trinajstić information content (AvgIpc) is 3.08. The number of carbonyl (C=O) groups excluding carboxylic acids is 1. The molecule has 0 atom stereocenters. The molecule has 0 unspecified atom stereocenters. The van der Waals surface area contributed by atoms with Gasteiger partial charge in [0.2, 0.25) is 0 Å². The van der Waals surface area contributed by atoms with Crippen LogP contribution in [0.15, 0.2) is 36.4 Å². The molecule has 1 saturated heterocycles. The summed E-state index contributed by atoms with van der Waals surface area (Å²) in [6.07, 6.45) is 0. The number of thiazole rings is 1. The van der Waals surface area contributed by atoms with Crippen LogP contribution in [0.5, 0.6) is 0 Å². The Morgan fingerprint density at radius 2 is 1.78 bits per heavy atom. The summed E-state index contributed by atoms with van der Waals surface area (Å²) in [6, 6.07) is 10.6. The molecule has 0 saturated carbocycles. The number of nitrogens with zero attached hydrogens (tertiary/aromatic N) is 3. The van der Waals surface area contributed by atoms with E-state index in [4.69, 9.17) is 34.8 Å². The molecular formula is C18H15Cl3N4OS. The van der Waals surface area contributed by atoms with Crippen LogP contribution in [0, 0.1) is 0 Å². The van der Waals surface area contributed by atoms with Gasteiger partial charge in [0.25, 0.3) is 0 Å². The number of hydrogen-bond acceptors (Lipinski definition) is 4. The number of benzene rings is 2. The van der Waals surface area contributed by atoms with Gasteiger partial charge in [-0.15, -0.1) is 0 Å². The Morgan fingerprint density at radius 3 is 2.52 bits per heavy atom. The van der Waals surface area contributed by atoms with E-state index >= 15 is 0 Å². The van der Waals surface area contributed by atoms with Crippen molar-refractivity contribution in [3.8, 4) is 0 Å². The molecule has 5 nitrogen and oxygen atoms in total. The predicted molar refractivity (Wildman–Crippen MR) is 114 cm³/mol. The van der Waals surface area contributed by atoms with Crippen LogP contribution in [-0.2, 0) is 0 Å². The van der Waals surface area contributed by atoms with Gasteiger partial charge in [-0.25, -0.2) is 9.78 Å². The summed E-state index contributed by atoms with van der Waals surface area (Å²) in [5.41, 5.74) is 1.57. The minimum Gasteiger partial charge on any atom is -0.345 e. The van der Waals surface area contributed by atoms with Crippen molar-refractivity contribution < 1.29 is 4.79 Å². The van der Waals surface area contributed by atoms with E-state index in [0.29, 0.717) is 33.8 Å². The summed E-state index contributed by atoms with van der Waals surface area (Å²) in [6.45, 7) is 2.68. The molecule has 0 radical (unpaired) electrons. The molecule has 9 heteroatoms. The van der Waals surface area contributed by atoms with E-state index in [0.717, 1.165) is 28.4 Å². The van der Waals surface area contributed by atoms with Gasteiger partial charge in [0, 0.05) is 36.9 Å². The third-order valence-electron chi connectivity index (χ3n) is 4.35. The average molecular weight is 442 g/mol. The lowest BCUT2D eigenvalue weighted by Crippen LogP contribution is -2.50. The van der Waals surface area contributed by atoms with Gasteiger partial charge >= 0.3 is 6.03 Å². The molecule has 0 bridgehead atoms. The fraction of sp³-hybridized carbons (Fsp3) is 0.222. The predicted octanol–water partition coefficient (Wildman–Crippen LogP) is 5.61. The third-order valence-corrected chi connectivity index (χ3v) is 6.40. The molecule has 0 aliphatic carbocycles. The molecule has 2 heterocycles. The summed E-state index contributed by atoms with van der Waals surface area (Å²) in [4.78, 5) is 21.1. The van der Waals surface area contributed by atoms with E-state index in [1.807, 2.05) is 18.2 Å². The van der Waals surface area contributed by atoms with Crippen molar-refractivity contribution >= 4 is 73.2 Å². The van der Waals surface area contributed by atoms with Crippen molar-refractivity contribution in [2.75, 3.05) is 36.4 Å². The fourth-order valence-corrected chi connectivity index (χ4v) is 4.49. The highest BCUT2D eigenvalue weighted by Gasteiger charge is 2.23. The van der Waals surface area contributed by atoms with Gasteiger partial charge in [-0.2, -0.15) is 0 Å². The number of fused-ring (bicyclic) bond motifs is 1. The lowest BCUT2D eigenvalue weighted by molar-refractivity contribution is 0.208. The van der Waals surface area contributed by atoms with Crippen molar-refractivity contribution in [1.29, 1.82) is 0 Å². The number of amides is 2. The Balaban J connectivity index is 1.38. The van der Waals surface area contributed by atoms with E-state index in [1.165, 1.54) is 0 Å². The monoisotopic (exact) mass is 440 g/mol. The molecule has 27 heavy (non-hydrogen) atoms. The molecule has 1 aliphatic rings. The standard InChI is InChI=1S/C18H15Cl3N4OS/c19-11-1-4-15-16(9-11)27-18(23-15)25-7-5-24(6-8-25)17(26)22-12-2-3-13(20)14(21)10-12/h1-4,9-10H,5-8H2,(H,22,26). The Hall–Kier alpha value is -1.73. The van der Waals surface area contributed by atoms with Crippen molar-refractivity contribution in [3.63, 3.8) is 0 Å². The van der Waals surface area contributed by atoms with Crippen molar-refractivity contribution in [2.45, 2.75) is 0 Å². The molecule has 1 aliphatic heterocycles. The SMILES string of the molecule is O=C(Nc1ccc(Cl)c(Cl)c1)N1CCN(c2nc3ccc(Cl)cc3s2)CC1. The second-order valence-electron chi connectivity index (χ2n) is 6.14. The van der Waals surface area contributed by atoms with Gasteiger partial charge in [0.1, 0.15) is 0 Å².